The van der Waals surface area contributed by atoms with Gasteiger partial charge in [0.2, 0.25) is 0 Å². The lowest BCUT2D eigenvalue weighted by Crippen LogP contribution is -2.47. The van der Waals surface area contributed by atoms with E-state index >= 15 is 0 Å². The van der Waals surface area contributed by atoms with E-state index in [-0.39, 0.29) is 6.03 Å². The molecule has 0 saturated carbocycles. The highest BCUT2D eigenvalue weighted by atomic mass is 32.2. The Kier molecular flexibility index (Phi) is 6.21. The van der Waals surface area contributed by atoms with Crippen LogP contribution in [0.5, 0.6) is 0 Å². The lowest BCUT2D eigenvalue weighted by Gasteiger charge is -2.42. The first kappa shape index (κ1) is 20.9. The Bertz CT molecular complexity index is 933. The van der Waals surface area contributed by atoms with E-state index in [4.69, 9.17) is 0 Å². The summed E-state index contributed by atoms with van der Waals surface area (Å²) in [5, 5.41) is 6.86. The number of anilines is 1. The average Bonchev–Trinajstić information content (AvgIpc) is 3.19. The summed E-state index contributed by atoms with van der Waals surface area (Å²) in [6.07, 6.45) is 7.11. The molecule has 5 rings (SSSR count). The van der Waals surface area contributed by atoms with E-state index in [0.29, 0.717) is 5.92 Å². The van der Waals surface area contributed by atoms with Gasteiger partial charge in [0.25, 0.3) is 0 Å². The second-order valence-electron chi connectivity index (χ2n) is 8.95. The second-order valence-corrected chi connectivity index (χ2v) is 9.80. The number of nitrogens with one attached hydrogen (secondary N) is 1. The molecule has 0 unspecified atom stereocenters. The van der Waals surface area contributed by atoms with Crippen molar-refractivity contribution in [1.29, 1.82) is 0 Å². The van der Waals surface area contributed by atoms with E-state index in [2.05, 4.69) is 63.1 Å². The van der Waals surface area contributed by atoms with Crippen LogP contribution in [-0.2, 0) is 6.54 Å². The van der Waals surface area contributed by atoms with E-state index in [9.17, 15) is 4.79 Å². The third kappa shape index (κ3) is 4.61. The zero-order valence-electron chi connectivity index (χ0n) is 18.2. The molecule has 0 atom stereocenters. The molecule has 1 N–H and O–H groups in total. The Morgan fingerprint density at radius 2 is 1.81 bits per heavy atom. The highest BCUT2D eigenvalue weighted by molar-refractivity contribution is 7.98. The summed E-state index contributed by atoms with van der Waals surface area (Å²) in [5.41, 5.74) is 4.45. The number of urea groups is 1. The molecule has 5 nitrogen and oxygen atoms in total. The van der Waals surface area contributed by atoms with Crippen molar-refractivity contribution < 1.29 is 4.79 Å². The number of likely N-dealkylation sites (tertiary alicyclic amines) is 2. The van der Waals surface area contributed by atoms with Crippen molar-refractivity contribution >= 4 is 29.2 Å². The minimum Gasteiger partial charge on any atom is -0.304 e. The average molecular weight is 436 g/mol. The number of rotatable bonds is 5. The smallest absolute Gasteiger partial charge is 0.304 e. The van der Waals surface area contributed by atoms with Gasteiger partial charge in [-0.3, -0.25) is 4.90 Å². The fourth-order valence-corrected chi connectivity index (χ4v) is 5.98. The first-order valence-corrected chi connectivity index (χ1v) is 12.7. The fraction of sp³-hybridized carbons (Fsp3) is 0.480. The van der Waals surface area contributed by atoms with E-state index in [1.807, 2.05) is 17.8 Å². The fourth-order valence-electron chi connectivity index (χ4n) is 5.37. The molecule has 3 heterocycles. The maximum Gasteiger partial charge on any atom is 0.346 e. The number of hydrogen-bond acceptors (Lipinski definition) is 4. The highest BCUT2D eigenvalue weighted by Crippen LogP contribution is 2.36. The maximum absolute atomic E-state index is 11.5. The van der Waals surface area contributed by atoms with Crippen LogP contribution in [0.4, 0.5) is 16.2 Å². The second kappa shape index (κ2) is 9.23. The molecule has 3 aliphatic rings. The molecule has 163 valence electrons. The number of carbonyl (C=O) groups is 1. The van der Waals surface area contributed by atoms with Crippen LogP contribution in [0.15, 0.2) is 47.4 Å². The Hall–Kier alpha value is -2.02. The first-order chi connectivity index (χ1) is 15.2. The van der Waals surface area contributed by atoms with Crippen LogP contribution in [-0.4, -0.2) is 54.3 Å². The Morgan fingerprint density at radius 3 is 2.58 bits per heavy atom. The van der Waals surface area contributed by atoms with Crippen LogP contribution in [0.25, 0.3) is 0 Å². The van der Waals surface area contributed by atoms with Crippen molar-refractivity contribution in [3.05, 3.63) is 53.6 Å². The zero-order valence-corrected chi connectivity index (χ0v) is 19.0. The molecule has 2 aromatic carbocycles. The van der Waals surface area contributed by atoms with Crippen molar-refractivity contribution in [2.75, 3.05) is 37.8 Å². The number of amides is 2. The predicted molar refractivity (Wildman–Crippen MR) is 127 cm³/mol. The number of thioether (sulfide) groups is 1. The summed E-state index contributed by atoms with van der Waals surface area (Å²) >= 11 is 1.85. The molecule has 1 radical (unpaired) electrons. The van der Waals surface area contributed by atoms with E-state index in [1.165, 1.54) is 67.9 Å². The van der Waals surface area contributed by atoms with Crippen molar-refractivity contribution in [3.8, 4) is 0 Å². The summed E-state index contributed by atoms with van der Waals surface area (Å²) < 4.78 is 0. The largest absolute Gasteiger partial charge is 0.346 e. The van der Waals surface area contributed by atoms with Crippen molar-refractivity contribution in [3.63, 3.8) is 0 Å². The van der Waals surface area contributed by atoms with Gasteiger partial charge in [-0.2, -0.15) is 5.32 Å². The number of nitrogens with zero attached hydrogens (tertiary/aromatic N) is 3. The van der Waals surface area contributed by atoms with Gasteiger partial charge in [-0.05, 0) is 93.4 Å². The molecule has 2 fully saturated rings. The maximum atomic E-state index is 11.5. The molecule has 2 aromatic rings. The van der Waals surface area contributed by atoms with Gasteiger partial charge in [-0.25, -0.2) is 4.79 Å². The molecule has 3 aliphatic heterocycles. The minimum absolute atomic E-state index is 0.245. The summed E-state index contributed by atoms with van der Waals surface area (Å²) in [6.45, 7) is 5.82. The number of hydrogen-bond donors (Lipinski definition) is 1. The van der Waals surface area contributed by atoms with Crippen molar-refractivity contribution in [2.45, 2.75) is 49.1 Å². The molecule has 0 bridgehead atoms. The number of piperidine rings is 2. The van der Waals surface area contributed by atoms with E-state index in [1.54, 1.807) is 0 Å². The van der Waals surface area contributed by atoms with Gasteiger partial charge in [0.15, 0.2) is 0 Å². The lowest BCUT2D eigenvalue weighted by molar-refractivity contribution is 0.0843. The molecular formula is C25H31N4OS. The topological polar surface area (TPSA) is 49.7 Å². The first-order valence-electron chi connectivity index (χ1n) is 11.4. The SMILES string of the molecule is CSc1ccccc1CN1CCC(N2CCC(c3ccc4c(c3)[N]C(=O)N4)CC2)CC1. The third-order valence-electron chi connectivity index (χ3n) is 7.15. The van der Waals surface area contributed by atoms with E-state index in [0.717, 1.165) is 24.0 Å². The van der Waals surface area contributed by atoms with Gasteiger partial charge in [-0.1, -0.05) is 24.3 Å². The number of benzene rings is 2. The summed E-state index contributed by atoms with van der Waals surface area (Å²) in [4.78, 5) is 18.2. The van der Waals surface area contributed by atoms with Crippen LogP contribution in [0, 0.1) is 0 Å². The molecule has 6 heteroatoms. The standard InChI is InChI=1S/C25H31N4OS/c1-31-24-5-3-2-4-20(24)17-28-12-10-21(11-13-28)29-14-8-18(9-15-29)19-6-7-22-23(16-19)27-25(30)26-22/h2-7,16,18,21H,8-15,17H2,1H3,(H,26,30). The molecule has 0 aromatic heterocycles. The predicted octanol–water partition coefficient (Wildman–Crippen LogP) is 5.03. The summed E-state index contributed by atoms with van der Waals surface area (Å²) in [5.74, 6) is 0.579. The Balaban J connectivity index is 1.11. The molecule has 31 heavy (non-hydrogen) atoms. The minimum atomic E-state index is -0.245. The van der Waals surface area contributed by atoms with E-state index < -0.39 is 0 Å². The molecule has 2 amide bonds. The van der Waals surface area contributed by atoms with Crippen LogP contribution in [0.2, 0.25) is 0 Å². The molecule has 0 spiro atoms. The van der Waals surface area contributed by atoms with Crippen molar-refractivity contribution in [1.82, 2.24) is 15.1 Å². The van der Waals surface area contributed by atoms with Crippen LogP contribution in [0.3, 0.4) is 0 Å². The monoisotopic (exact) mass is 435 g/mol. The number of carbonyl (C=O) groups excluding carboxylic acids is 1. The third-order valence-corrected chi connectivity index (χ3v) is 7.98. The molecule has 2 saturated heterocycles. The Labute approximate surface area is 189 Å². The van der Waals surface area contributed by atoms with Crippen LogP contribution in [0.1, 0.15) is 42.7 Å². The number of fused-ring (bicyclic) bond motifs is 1. The van der Waals surface area contributed by atoms with Crippen molar-refractivity contribution in [2.24, 2.45) is 0 Å². The summed E-state index contributed by atoms with van der Waals surface area (Å²) in [6, 6.07) is 15.6. The Morgan fingerprint density at radius 1 is 1.03 bits per heavy atom. The molecule has 0 aliphatic carbocycles. The quantitative estimate of drug-likeness (QED) is 0.669. The van der Waals surface area contributed by atoms with Gasteiger partial charge in [-0.15, -0.1) is 11.8 Å². The van der Waals surface area contributed by atoms with Crippen LogP contribution < -0.4 is 10.6 Å². The zero-order chi connectivity index (χ0) is 21.2. The van der Waals surface area contributed by atoms with Gasteiger partial charge in [0.05, 0.1) is 11.4 Å². The highest BCUT2D eigenvalue weighted by Gasteiger charge is 2.29. The van der Waals surface area contributed by atoms with Gasteiger partial charge < -0.3 is 10.2 Å². The van der Waals surface area contributed by atoms with Crippen LogP contribution >= 0.6 is 11.8 Å². The van der Waals surface area contributed by atoms with Gasteiger partial charge >= 0.3 is 6.03 Å². The lowest BCUT2D eigenvalue weighted by atomic mass is 9.87. The van der Waals surface area contributed by atoms with Gasteiger partial charge in [0, 0.05) is 17.5 Å². The summed E-state index contributed by atoms with van der Waals surface area (Å²) in [7, 11) is 0. The normalized spacial score (nSPS) is 21.0. The molecular weight excluding hydrogens is 404 g/mol. The van der Waals surface area contributed by atoms with Gasteiger partial charge in [0.1, 0.15) is 0 Å².